The number of hydrogen-bond donors (Lipinski definition) is 2. The van der Waals surface area contributed by atoms with Crippen molar-refractivity contribution in [3.05, 3.63) is 15.8 Å². The van der Waals surface area contributed by atoms with Crippen LogP contribution in [-0.2, 0) is 4.74 Å². The average Bonchev–Trinajstić information content (AvgIpc) is 2.98. The highest BCUT2D eigenvalue weighted by Crippen LogP contribution is 2.45. The summed E-state index contributed by atoms with van der Waals surface area (Å²) >= 11 is 1.23. The predicted molar refractivity (Wildman–Crippen MR) is 73.1 cm³/mol. The van der Waals surface area contributed by atoms with Crippen molar-refractivity contribution in [1.29, 1.82) is 0 Å². The van der Waals surface area contributed by atoms with E-state index in [1.165, 1.54) is 11.3 Å². The van der Waals surface area contributed by atoms with E-state index >= 15 is 0 Å². The summed E-state index contributed by atoms with van der Waals surface area (Å²) in [6.45, 7) is 5.27. The smallest absolute Gasteiger partial charge is 0.412 e. The number of carboxylic acid groups (broad SMARTS) is 1. The van der Waals surface area contributed by atoms with E-state index in [0.717, 1.165) is 17.7 Å². The first-order valence-corrected chi connectivity index (χ1v) is 6.95. The highest BCUT2D eigenvalue weighted by atomic mass is 32.1. The second-order valence-electron chi connectivity index (χ2n) is 5.60. The predicted octanol–water partition coefficient (Wildman–Crippen LogP) is 3.67. The Morgan fingerprint density at radius 3 is 2.53 bits per heavy atom. The number of anilines is 1. The largest absolute Gasteiger partial charge is 0.477 e. The first-order valence-electron chi connectivity index (χ1n) is 6.13. The number of ether oxygens (including phenoxy) is 1. The lowest BCUT2D eigenvalue weighted by atomic mass is 10.2. The third-order valence-electron chi connectivity index (χ3n) is 2.56. The van der Waals surface area contributed by atoms with Gasteiger partial charge in [0.15, 0.2) is 0 Å². The minimum Gasteiger partial charge on any atom is -0.477 e. The number of carboxylic acids is 1. The van der Waals surface area contributed by atoms with Crippen molar-refractivity contribution in [3.63, 3.8) is 0 Å². The zero-order valence-electron chi connectivity index (χ0n) is 11.1. The number of hydrogen-bond acceptors (Lipinski definition) is 4. The van der Waals surface area contributed by atoms with Gasteiger partial charge in [-0.15, -0.1) is 11.3 Å². The Labute approximate surface area is 115 Å². The highest BCUT2D eigenvalue weighted by Gasteiger charge is 2.29. The molecule has 1 saturated carbocycles. The molecule has 19 heavy (non-hydrogen) atoms. The maximum absolute atomic E-state index is 11.7. The molecule has 0 saturated heterocycles. The lowest BCUT2D eigenvalue weighted by Crippen LogP contribution is -2.27. The number of thiophene rings is 1. The molecule has 1 fully saturated rings. The number of rotatable bonds is 3. The van der Waals surface area contributed by atoms with Crippen LogP contribution in [-0.4, -0.2) is 22.8 Å². The van der Waals surface area contributed by atoms with Gasteiger partial charge in [-0.25, -0.2) is 9.59 Å². The lowest BCUT2D eigenvalue weighted by Gasteiger charge is -2.19. The van der Waals surface area contributed by atoms with Crippen molar-refractivity contribution < 1.29 is 19.4 Å². The molecule has 0 atom stereocenters. The second kappa shape index (κ2) is 4.85. The van der Waals surface area contributed by atoms with Crippen LogP contribution in [0.1, 0.15) is 54.1 Å². The van der Waals surface area contributed by atoms with E-state index in [4.69, 9.17) is 9.84 Å². The molecule has 1 aromatic heterocycles. The van der Waals surface area contributed by atoms with Crippen LogP contribution in [0.2, 0.25) is 0 Å². The van der Waals surface area contributed by atoms with Gasteiger partial charge in [0.2, 0.25) is 0 Å². The molecule has 1 heterocycles. The van der Waals surface area contributed by atoms with Crippen LogP contribution in [0.15, 0.2) is 6.07 Å². The number of carbonyl (C=O) groups excluding carboxylic acids is 1. The normalized spacial score (nSPS) is 15.1. The molecule has 0 aliphatic heterocycles. The molecule has 0 spiro atoms. The van der Waals surface area contributed by atoms with Gasteiger partial charge in [-0.05, 0) is 45.6 Å². The van der Waals surface area contributed by atoms with E-state index in [0.29, 0.717) is 11.6 Å². The average molecular weight is 283 g/mol. The molecule has 1 aromatic rings. The van der Waals surface area contributed by atoms with Crippen molar-refractivity contribution in [3.8, 4) is 0 Å². The van der Waals surface area contributed by atoms with Crippen LogP contribution in [0.4, 0.5) is 10.5 Å². The van der Waals surface area contributed by atoms with Crippen molar-refractivity contribution in [2.75, 3.05) is 5.32 Å². The number of aromatic carboxylic acids is 1. The molecule has 0 radical (unpaired) electrons. The van der Waals surface area contributed by atoms with E-state index < -0.39 is 17.7 Å². The summed E-state index contributed by atoms with van der Waals surface area (Å²) in [7, 11) is 0. The fraction of sp³-hybridized carbons (Fsp3) is 0.538. The SMILES string of the molecule is CC(C)(C)OC(=O)Nc1cc(C2CC2)sc1C(=O)O. The monoisotopic (exact) mass is 283 g/mol. The Balaban J connectivity index is 2.14. The van der Waals surface area contributed by atoms with Crippen molar-refractivity contribution in [2.45, 2.75) is 45.1 Å². The van der Waals surface area contributed by atoms with E-state index in [1.54, 1.807) is 26.8 Å². The maximum atomic E-state index is 11.7. The molecular formula is C13H17NO4S. The summed E-state index contributed by atoms with van der Waals surface area (Å²) in [6, 6.07) is 1.75. The number of nitrogens with one attached hydrogen (secondary N) is 1. The fourth-order valence-corrected chi connectivity index (χ4v) is 2.77. The lowest BCUT2D eigenvalue weighted by molar-refractivity contribution is 0.0636. The number of carbonyl (C=O) groups is 2. The van der Waals surface area contributed by atoms with Gasteiger partial charge in [0.25, 0.3) is 0 Å². The first-order chi connectivity index (χ1) is 8.76. The van der Waals surface area contributed by atoms with Crippen molar-refractivity contribution in [1.82, 2.24) is 0 Å². The topological polar surface area (TPSA) is 75.6 Å². The van der Waals surface area contributed by atoms with Gasteiger partial charge in [0.05, 0.1) is 5.69 Å². The van der Waals surface area contributed by atoms with Gasteiger partial charge in [-0.1, -0.05) is 0 Å². The van der Waals surface area contributed by atoms with Crippen LogP contribution < -0.4 is 5.32 Å². The van der Waals surface area contributed by atoms with E-state index in [-0.39, 0.29) is 4.88 Å². The van der Waals surface area contributed by atoms with Gasteiger partial charge in [-0.3, -0.25) is 5.32 Å². The summed E-state index contributed by atoms with van der Waals surface area (Å²) < 4.78 is 5.12. The number of amides is 1. The molecule has 6 heteroatoms. The molecule has 1 amide bonds. The van der Waals surface area contributed by atoms with Crippen LogP contribution in [0.25, 0.3) is 0 Å². The van der Waals surface area contributed by atoms with Gasteiger partial charge in [0.1, 0.15) is 10.5 Å². The third kappa shape index (κ3) is 3.70. The van der Waals surface area contributed by atoms with E-state index in [9.17, 15) is 9.59 Å². The summed E-state index contributed by atoms with van der Waals surface area (Å²) in [5.41, 5.74) is -0.281. The zero-order chi connectivity index (χ0) is 14.2. The van der Waals surface area contributed by atoms with Gasteiger partial charge in [-0.2, -0.15) is 0 Å². The molecule has 104 valence electrons. The summed E-state index contributed by atoms with van der Waals surface area (Å²) in [5, 5.41) is 11.7. The standard InChI is InChI=1S/C13H17NO4S/c1-13(2,3)18-12(17)14-8-6-9(7-4-5-7)19-10(8)11(15)16/h6-7H,4-5H2,1-3H3,(H,14,17)(H,15,16). The minimum absolute atomic E-state index is 0.160. The Kier molecular flexibility index (Phi) is 3.54. The van der Waals surface area contributed by atoms with E-state index in [2.05, 4.69) is 5.32 Å². The Hall–Kier alpha value is -1.56. The molecule has 0 bridgehead atoms. The first kappa shape index (κ1) is 13.9. The molecule has 1 aliphatic rings. The summed E-state index contributed by atoms with van der Waals surface area (Å²) in [6.07, 6.45) is 1.55. The maximum Gasteiger partial charge on any atom is 0.412 e. The van der Waals surface area contributed by atoms with Gasteiger partial charge in [0, 0.05) is 4.88 Å². The minimum atomic E-state index is -1.03. The van der Waals surface area contributed by atoms with Gasteiger partial charge < -0.3 is 9.84 Å². The van der Waals surface area contributed by atoms with Crippen LogP contribution >= 0.6 is 11.3 Å². The van der Waals surface area contributed by atoms with Crippen LogP contribution in [0.3, 0.4) is 0 Å². The molecule has 0 aromatic carbocycles. The van der Waals surface area contributed by atoms with Crippen LogP contribution in [0.5, 0.6) is 0 Å². The second-order valence-corrected chi connectivity index (χ2v) is 6.68. The van der Waals surface area contributed by atoms with Crippen molar-refractivity contribution >= 4 is 29.1 Å². The van der Waals surface area contributed by atoms with Crippen LogP contribution in [0, 0.1) is 0 Å². The third-order valence-corrected chi connectivity index (χ3v) is 3.85. The Morgan fingerprint density at radius 1 is 1.42 bits per heavy atom. The summed E-state index contributed by atoms with van der Waals surface area (Å²) in [5.74, 6) is -0.569. The molecule has 5 nitrogen and oxygen atoms in total. The molecule has 2 rings (SSSR count). The molecule has 1 aliphatic carbocycles. The summed E-state index contributed by atoms with van der Waals surface area (Å²) in [4.78, 5) is 24.0. The Bertz CT molecular complexity index is 511. The highest BCUT2D eigenvalue weighted by molar-refractivity contribution is 7.14. The fourth-order valence-electron chi connectivity index (χ4n) is 1.64. The molecule has 2 N–H and O–H groups in total. The zero-order valence-corrected chi connectivity index (χ0v) is 12.0. The van der Waals surface area contributed by atoms with Gasteiger partial charge >= 0.3 is 12.1 Å². The van der Waals surface area contributed by atoms with Crippen molar-refractivity contribution in [2.24, 2.45) is 0 Å². The quantitative estimate of drug-likeness (QED) is 0.887. The molecular weight excluding hydrogens is 266 g/mol. The Morgan fingerprint density at radius 2 is 2.05 bits per heavy atom. The van der Waals surface area contributed by atoms with E-state index in [1.807, 2.05) is 0 Å². The molecule has 0 unspecified atom stereocenters.